The van der Waals surface area contributed by atoms with E-state index in [9.17, 15) is 34.8 Å². The zero-order valence-corrected chi connectivity index (χ0v) is 20.0. The highest BCUT2D eigenvalue weighted by molar-refractivity contribution is 5.94. The van der Waals surface area contributed by atoms with Gasteiger partial charge in [0.1, 0.15) is 33.8 Å². The Labute approximate surface area is 217 Å². The monoisotopic (exact) mass is 530 g/mol. The molecule has 4 N–H and O–H groups in total. The summed E-state index contributed by atoms with van der Waals surface area (Å²) in [5.74, 6) is -4.34. The average Bonchev–Trinajstić information content (AvgIpc) is 2.91. The molecule has 1 atom stereocenters. The zero-order chi connectivity index (χ0) is 27.6. The van der Waals surface area contributed by atoms with Crippen molar-refractivity contribution in [3.63, 3.8) is 0 Å². The third-order valence-corrected chi connectivity index (χ3v) is 6.68. The fraction of sp³-hybridized carbons (Fsp3) is 0.107. The number of ether oxygens (including phenoxy) is 2. The lowest BCUT2D eigenvalue weighted by atomic mass is 9.85. The van der Waals surface area contributed by atoms with Crippen LogP contribution in [0.4, 0.5) is 0 Å². The van der Waals surface area contributed by atoms with Crippen LogP contribution in [0.1, 0.15) is 23.5 Å². The van der Waals surface area contributed by atoms with Crippen LogP contribution in [0.3, 0.4) is 0 Å². The van der Waals surface area contributed by atoms with Crippen molar-refractivity contribution in [2.75, 3.05) is 7.11 Å². The van der Waals surface area contributed by atoms with Crippen molar-refractivity contribution in [2.45, 2.75) is 12.3 Å². The number of esters is 1. The van der Waals surface area contributed by atoms with Crippen LogP contribution in [0.25, 0.3) is 33.3 Å². The number of phenolic OH excluding ortho intramolecular Hbond substituents is 3. The minimum Gasteiger partial charge on any atom is -0.507 e. The molecule has 39 heavy (non-hydrogen) atoms. The van der Waals surface area contributed by atoms with E-state index in [0.29, 0.717) is 5.75 Å². The fourth-order valence-electron chi connectivity index (χ4n) is 4.80. The summed E-state index contributed by atoms with van der Waals surface area (Å²) in [6, 6.07) is 9.21. The number of carbonyl (C=O) groups is 1. The van der Waals surface area contributed by atoms with Crippen molar-refractivity contribution < 1.29 is 43.5 Å². The summed E-state index contributed by atoms with van der Waals surface area (Å²) in [7, 11) is 1.45. The maximum absolute atomic E-state index is 13.6. The molecule has 3 aromatic carbocycles. The molecule has 5 aromatic rings. The number of hydrogen-bond donors (Lipinski definition) is 4. The quantitative estimate of drug-likeness (QED) is 0.151. The first kappa shape index (κ1) is 23.9. The molecule has 0 amide bonds. The minimum absolute atomic E-state index is 0.0283. The van der Waals surface area contributed by atoms with Crippen molar-refractivity contribution >= 4 is 27.9 Å². The van der Waals surface area contributed by atoms with E-state index in [-0.39, 0.29) is 51.2 Å². The number of benzene rings is 3. The summed E-state index contributed by atoms with van der Waals surface area (Å²) in [5, 5.41) is 40.7. The van der Waals surface area contributed by atoms with Gasteiger partial charge < -0.3 is 38.7 Å². The lowest BCUT2D eigenvalue weighted by Gasteiger charge is -2.25. The second kappa shape index (κ2) is 8.55. The van der Waals surface area contributed by atoms with Gasteiger partial charge in [0, 0.05) is 28.7 Å². The number of phenols is 3. The molecule has 3 heterocycles. The molecule has 0 saturated carbocycles. The van der Waals surface area contributed by atoms with Gasteiger partial charge in [-0.1, -0.05) is 0 Å². The molecule has 0 saturated heterocycles. The van der Waals surface area contributed by atoms with E-state index < -0.39 is 51.1 Å². The van der Waals surface area contributed by atoms with Gasteiger partial charge in [-0.05, 0) is 36.4 Å². The first-order chi connectivity index (χ1) is 18.7. The second-order valence-electron chi connectivity index (χ2n) is 8.94. The average molecular weight is 530 g/mol. The lowest BCUT2D eigenvalue weighted by Crippen LogP contribution is -2.25. The van der Waals surface area contributed by atoms with Gasteiger partial charge in [-0.15, -0.1) is 0 Å². The van der Waals surface area contributed by atoms with Crippen LogP contribution in [0, 0.1) is 0 Å². The minimum atomic E-state index is -1.02. The van der Waals surface area contributed by atoms with Gasteiger partial charge >= 0.3 is 5.97 Å². The maximum atomic E-state index is 13.6. The van der Waals surface area contributed by atoms with Gasteiger partial charge in [0.15, 0.2) is 22.7 Å². The van der Waals surface area contributed by atoms with Crippen molar-refractivity contribution in [1.82, 2.24) is 0 Å². The Morgan fingerprint density at radius 3 is 2.44 bits per heavy atom. The van der Waals surface area contributed by atoms with E-state index in [0.717, 1.165) is 18.2 Å². The first-order valence-corrected chi connectivity index (χ1v) is 11.6. The number of fused-ring (bicyclic) bond motifs is 4. The van der Waals surface area contributed by atoms with Crippen LogP contribution >= 0.6 is 0 Å². The predicted molar refractivity (Wildman–Crippen MR) is 136 cm³/mol. The molecule has 0 bridgehead atoms. The summed E-state index contributed by atoms with van der Waals surface area (Å²) in [6.45, 7) is 0. The van der Waals surface area contributed by atoms with E-state index >= 15 is 0 Å². The highest BCUT2D eigenvalue weighted by atomic mass is 16.5. The topological polar surface area (TPSA) is 177 Å². The maximum Gasteiger partial charge on any atom is 0.312 e. The highest BCUT2D eigenvalue weighted by Crippen LogP contribution is 2.47. The molecule has 6 rings (SSSR count). The number of aromatic hydroxyl groups is 4. The molecule has 1 aliphatic rings. The molecule has 2 aromatic heterocycles. The van der Waals surface area contributed by atoms with E-state index in [2.05, 4.69) is 0 Å². The summed E-state index contributed by atoms with van der Waals surface area (Å²) >= 11 is 0. The molecule has 0 aliphatic carbocycles. The van der Waals surface area contributed by atoms with Gasteiger partial charge in [-0.3, -0.25) is 14.4 Å². The van der Waals surface area contributed by atoms with E-state index in [1.54, 1.807) is 12.1 Å². The fourth-order valence-corrected chi connectivity index (χ4v) is 4.80. The molecule has 196 valence electrons. The van der Waals surface area contributed by atoms with Gasteiger partial charge in [0.25, 0.3) is 0 Å². The molecule has 11 heteroatoms. The number of rotatable bonds is 3. The number of methoxy groups -OCH3 is 1. The van der Waals surface area contributed by atoms with Gasteiger partial charge in [0.2, 0.25) is 11.2 Å². The molecule has 0 radical (unpaired) electrons. The Bertz CT molecular complexity index is 1970. The van der Waals surface area contributed by atoms with Crippen LogP contribution in [0.2, 0.25) is 0 Å². The van der Waals surface area contributed by atoms with Crippen LogP contribution in [-0.2, 0) is 4.79 Å². The molecular formula is C28H18O11. The number of carbonyl (C=O) groups excluding carboxylic acids is 1. The van der Waals surface area contributed by atoms with Crippen LogP contribution in [0.15, 0.2) is 67.2 Å². The normalized spacial score (nSPS) is 14.8. The first-order valence-electron chi connectivity index (χ1n) is 11.6. The third kappa shape index (κ3) is 3.62. The Morgan fingerprint density at radius 2 is 1.69 bits per heavy atom. The number of hydrogen-bond acceptors (Lipinski definition) is 11. The Morgan fingerprint density at radius 1 is 0.897 bits per heavy atom. The van der Waals surface area contributed by atoms with E-state index in [1.807, 2.05) is 0 Å². The molecule has 1 aliphatic heterocycles. The molecular weight excluding hydrogens is 512 g/mol. The SMILES string of the molecule is COc1ccc2occ([C@@H]3CC(=O)Oc4cc(O)c5c(=O)c(O)c(-c6ccc(O)c(O)c6)oc5c43)c(=O)c2c1. The Kier molecular flexibility index (Phi) is 5.25. The summed E-state index contributed by atoms with van der Waals surface area (Å²) in [5.41, 5.74) is -1.27. The van der Waals surface area contributed by atoms with Crippen molar-refractivity contribution in [1.29, 1.82) is 0 Å². The second-order valence-corrected chi connectivity index (χ2v) is 8.94. The van der Waals surface area contributed by atoms with Gasteiger partial charge in [0.05, 0.1) is 25.2 Å². The Balaban J connectivity index is 1.68. The third-order valence-electron chi connectivity index (χ3n) is 6.68. The van der Waals surface area contributed by atoms with Crippen LogP contribution in [-0.4, -0.2) is 33.5 Å². The smallest absolute Gasteiger partial charge is 0.312 e. The van der Waals surface area contributed by atoms with Gasteiger partial charge in [-0.2, -0.15) is 0 Å². The molecule has 11 nitrogen and oxygen atoms in total. The zero-order valence-electron chi connectivity index (χ0n) is 20.0. The summed E-state index contributed by atoms with van der Waals surface area (Å²) in [4.78, 5) is 39.4. The van der Waals surface area contributed by atoms with Crippen LogP contribution in [0.5, 0.6) is 34.5 Å². The van der Waals surface area contributed by atoms with Crippen molar-refractivity contribution in [3.8, 4) is 45.8 Å². The van der Waals surface area contributed by atoms with Crippen LogP contribution < -0.4 is 20.3 Å². The van der Waals surface area contributed by atoms with Crippen molar-refractivity contribution in [3.05, 3.63) is 80.3 Å². The lowest BCUT2D eigenvalue weighted by molar-refractivity contribution is -0.135. The largest absolute Gasteiger partial charge is 0.507 e. The molecule has 0 unspecified atom stereocenters. The standard InChI is InChI=1S/C28H18O11/c1-36-12-3-5-19-14(7-12)24(33)15(10-37-19)13-8-21(32)38-20-9-18(31)23-25(34)26(35)27(39-28(23)22(13)20)11-2-4-16(29)17(30)6-11/h2-7,9-10,13,29-31,35H,8H2,1H3/t13-/m0/s1. The van der Waals surface area contributed by atoms with Crippen molar-refractivity contribution in [2.24, 2.45) is 0 Å². The van der Waals surface area contributed by atoms with E-state index in [4.69, 9.17) is 18.3 Å². The highest BCUT2D eigenvalue weighted by Gasteiger charge is 2.36. The van der Waals surface area contributed by atoms with E-state index in [1.165, 1.54) is 25.5 Å². The summed E-state index contributed by atoms with van der Waals surface area (Å²) in [6.07, 6.45) is 0.882. The summed E-state index contributed by atoms with van der Waals surface area (Å²) < 4.78 is 22.2. The van der Waals surface area contributed by atoms with Gasteiger partial charge in [-0.25, -0.2) is 0 Å². The molecule has 0 fully saturated rings. The predicted octanol–water partition coefficient (Wildman–Crippen LogP) is 3.84. The molecule has 0 spiro atoms. The Hall–Kier alpha value is -5.45.